The van der Waals surface area contributed by atoms with Crippen molar-refractivity contribution in [3.05, 3.63) is 30.1 Å². The molecule has 0 bridgehead atoms. The Hall–Kier alpha value is -0.890. The maximum Gasteiger partial charge on any atom is 0.191 e. The van der Waals surface area contributed by atoms with Crippen molar-refractivity contribution in [3.63, 3.8) is 0 Å². The van der Waals surface area contributed by atoms with Crippen LogP contribution in [0.1, 0.15) is 32.4 Å². The first kappa shape index (κ1) is 18.1. The van der Waals surface area contributed by atoms with E-state index < -0.39 is 6.10 Å². The van der Waals surface area contributed by atoms with Crippen LogP contribution in [0.2, 0.25) is 0 Å². The second-order valence-electron chi connectivity index (χ2n) is 4.32. The lowest BCUT2D eigenvalue weighted by molar-refractivity contribution is 0.187. The highest BCUT2D eigenvalue weighted by Crippen LogP contribution is 2.10. The van der Waals surface area contributed by atoms with Crippen LogP contribution in [0.4, 0.5) is 0 Å². The van der Waals surface area contributed by atoms with Crippen LogP contribution in [0.5, 0.6) is 0 Å². The second kappa shape index (κ2) is 9.96. The van der Waals surface area contributed by atoms with Gasteiger partial charge in [0.15, 0.2) is 5.96 Å². The lowest BCUT2D eigenvalue weighted by atomic mass is 10.1. The Morgan fingerprint density at radius 1 is 1.37 bits per heavy atom. The van der Waals surface area contributed by atoms with E-state index in [1.807, 2.05) is 20.8 Å². The van der Waals surface area contributed by atoms with Crippen LogP contribution in [0.25, 0.3) is 0 Å². The summed E-state index contributed by atoms with van der Waals surface area (Å²) in [5.74, 6) is 0.723. The number of hydrogen-bond donors (Lipinski definition) is 3. The molecule has 0 aromatic carbocycles. The van der Waals surface area contributed by atoms with Crippen molar-refractivity contribution in [1.29, 1.82) is 0 Å². The third-order valence-electron chi connectivity index (χ3n) is 2.28. The molecule has 0 amide bonds. The molecular weight excluding hydrogens is 355 g/mol. The standard InChI is InChI=1S/C13H22N4O.HI/c1-4-15-13(17-10(2)3)16-9-12(18)11-5-7-14-8-6-11;/h5-8,10,12,18H,4,9H2,1-3H3,(H2,15,16,17);1H. The largest absolute Gasteiger partial charge is 0.386 e. The fourth-order valence-corrected chi connectivity index (χ4v) is 1.46. The number of aliphatic imine (C=N–C) groups is 1. The molecule has 0 aliphatic rings. The molecule has 108 valence electrons. The summed E-state index contributed by atoms with van der Waals surface area (Å²) in [7, 11) is 0. The number of nitrogens with one attached hydrogen (secondary N) is 2. The van der Waals surface area contributed by atoms with Crippen LogP contribution in [0.15, 0.2) is 29.5 Å². The molecule has 0 aliphatic heterocycles. The Kier molecular flexibility index (Phi) is 9.50. The van der Waals surface area contributed by atoms with E-state index in [0.717, 1.165) is 18.1 Å². The van der Waals surface area contributed by atoms with Crippen LogP contribution in [0, 0.1) is 0 Å². The number of rotatable bonds is 5. The zero-order valence-corrected chi connectivity index (χ0v) is 14.0. The number of nitrogens with zero attached hydrogens (tertiary/aromatic N) is 2. The van der Waals surface area contributed by atoms with Crippen molar-refractivity contribution >= 4 is 29.9 Å². The molecule has 1 heterocycles. The minimum atomic E-state index is -0.601. The Bertz CT molecular complexity index is 370. The third kappa shape index (κ3) is 7.31. The van der Waals surface area contributed by atoms with Gasteiger partial charge in [-0.2, -0.15) is 0 Å². The van der Waals surface area contributed by atoms with E-state index in [-0.39, 0.29) is 24.0 Å². The topological polar surface area (TPSA) is 69.5 Å². The number of aliphatic hydroxyl groups is 1. The summed E-state index contributed by atoms with van der Waals surface area (Å²) in [6, 6.07) is 3.90. The number of pyridine rings is 1. The van der Waals surface area contributed by atoms with Gasteiger partial charge in [-0.3, -0.25) is 9.98 Å². The van der Waals surface area contributed by atoms with Crippen LogP contribution in [-0.2, 0) is 0 Å². The Morgan fingerprint density at radius 3 is 2.53 bits per heavy atom. The van der Waals surface area contributed by atoms with Crippen LogP contribution in [0.3, 0.4) is 0 Å². The van der Waals surface area contributed by atoms with Crippen molar-refractivity contribution in [2.75, 3.05) is 13.1 Å². The van der Waals surface area contributed by atoms with Crippen molar-refractivity contribution in [2.24, 2.45) is 4.99 Å². The van der Waals surface area contributed by atoms with E-state index in [0.29, 0.717) is 12.6 Å². The van der Waals surface area contributed by atoms with Gasteiger partial charge in [0.05, 0.1) is 12.6 Å². The third-order valence-corrected chi connectivity index (χ3v) is 2.28. The van der Waals surface area contributed by atoms with Gasteiger partial charge < -0.3 is 15.7 Å². The summed E-state index contributed by atoms with van der Waals surface area (Å²) in [5.41, 5.74) is 0.828. The number of halogens is 1. The quantitative estimate of drug-likeness (QED) is 0.415. The summed E-state index contributed by atoms with van der Waals surface area (Å²) in [6.45, 7) is 7.23. The molecule has 3 N–H and O–H groups in total. The van der Waals surface area contributed by atoms with Gasteiger partial charge in [-0.1, -0.05) is 0 Å². The van der Waals surface area contributed by atoms with Gasteiger partial charge >= 0.3 is 0 Å². The number of aromatic nitrogens is 1. The molecule has 0 saturated heterocycles. The second-order valence-corrected chi connectivity index (χ2v) is 4.32. The van der Waals surface area contributed by atoms with Crippen LogP contribution >= 0.6 is 24.0 Å². The predicted molar refractivity (Wildman–Crippen MR) is 88.9 cm³/mol. The number of guanidine groups is 1. The molecule has 0 spiro atoms. The van der Waals surface area contributed by atoms with Gasteiger partial charge in [-0.15, -0.1) is 24.0 Å². The monoisotopic (exact) mass is 378 g/mol. The smallest absolute Gasteiger partial charge is 0.191 e. The normalized spacial score (nSPS) is 12.8. The fourth-order valence-electron chi connectivity index (χ4n) is 1.46. The van der Waals surface area contributed by atoms with Crippen LogP contribution in [-0.4, -0.2) is 35.2 Å². The van der Waals surface area contributed by atoms with Crippen molar-refractivity contribution < 1.29 is 5.11 Å². The summed E-state index contributed by atoms with van der Waals surface area (Å²) >= 11 is 0. The minimum Gasteiger partial charge on any atom is -0.386 e. The number of hydrogen-bond acceptors (Lipinski definition) is 3. The maximum absolute atomic E-state index is 9.98. The molecule has 1 unspecified atom stereocenters. The van der Waals surface area contributed by atoms with E-state index in [4.69, 9.17) is 0 Å². The molecule has 0 fully saturated rings. The molecule has 6 heteroatoms. The highest BCUT2D eigenvalue weighted by Gasteiger charge is 2.07. The van der Waals surface area contributed by atoms with Gasteiger partial charge in [0, 0.05) is 25.0 Å². The molecule has 0 radical (unpaired) electrons. The Labute approximate surface area is 132 Å². The molecule has 1 rings (SSSR count). The Balaban J connectivity index is 0.00000324. The van der Waals surface area contributed by atoms with E-state index >= 15 is 0 Å². The SMILES string of the molecule is CCNC(=NCC(O)c1ccncc1)NC(C)C.I. The van der Waals surface area contributed by atoms with E-state index in [1.54, 1.807) is 24.5 Å². The molecule has 19 heavy (non-hydrogen) atoms. The van der Waals surface area contributed by atoms with Crippen LogP contribution < -0.4 is 10.6 Å². The van der Waals surface area contributed by atoms with Gasteiger partial charge in [0.25, 0.3) is 0 Å². The maximum atomic E-state index is 9.98. The Morgan fingerprint density at radius 2 is 2.00 bits per heavy atom. The lowest BCUT2D eigenvalue weighted by Gasteiger charge is -2.15. The highest BCUT2D eigenvalue weighted by atomic mass is 127. The van der Waals surface area contributed by atoms with Crippen molar-refractivity contribution in [1.82, 2.24) is 15.6 Å². The van der Waals surface area contributed by atoms with E-state index in [9.17, 15) is 5.11 Å². The van der Waals surface area contributed by atoms with E-state index in [2.05, 4.69) is 20.6 Å². The molecule has 5 nitrogen and oxygen atoms in total. The highest BCUT2D eigenvalue weighted by molar-refractivity contribution is 14.0. The first-order chi connectivity index (χ1) is 8.63. The molecule has 1 aromatic rings. The van der Waals surface area contributed by atoms with Gasteiger partial charge in [0.2, 0.25) is 0 Å². The molecule has 0 aliphatic carbocycles. The fraction of sp³-hybridized carbons (Fsp3) is 0.538. The minimum absolute atomic E-state index is 0. The average Bonchev–Trinajstić information content (AvgIpc) is 2.36. The van der Waals surface area contributed by atoms with Crippen molar-refractivity contribution in [2.45, 2.75) is 32.9 Å². The number of aliphatic hydroxyl groups excluding tert-OH is 1. The molecular formula is C13H23IN4O. The van der Waals surface area contributed by atoms with Gasteiger partial charge in [0.1, 0.15) is 0 Å². The summed E-state index contributed by atoms with van der Waals surface area (Å²) in [6.07, 6.45) is 2.73. The predicted octanol–water partition coefficient (Wildman–Crippen LogP) is 1.70. The first-order valence-electron chi connectivity index (χ1n) is 6.26. The zero-order valence-electron chi connectivity index (χ0n) is 11.6. The molecule has 1 aromatic heterocycles. The first-order valence-corrected chi connectivity index (χ1v) is 6.26. The van der Waals surface area contributed by atoms with E-state index in [1.165, 1.54) is 0 Å². The summed E-state index contributed by atoms with van der Waals surface area (Å²) in [5, 5.41) is 16.3. The van der Waals surface area contributed by atoms with Gasteiger partial charge in [-0.25, -0.2) is 0 Å². The average molecular weight is 378 g/mol. The summed E-state index contributed by atoms with van der Waals surface area (Å²) in [4.78, 5) is 8.27. The molecule has 1 atom stereocenters. The van der Waals surface area contributed by atoms with Crippen molar-refractivity contribution in [3.8, 4) is 0 Å². The zero-order chi connectivity index (χ0) is 13.4. The lowest BCUT2D eigenvalue weighted by Crippen LogP contribution is -2.41. The molecule has 0 saturated carbocycles. The van der Waals surface area contributed by atoms with Gasteiger partial charge in [-0.05, 0) is 38.5 Å². The summed E-state index contributed by atoms with van der Waals surface area (Å²) < 4.78 is 0.